The molecule has 1 saturated heterocycles. The van der Waals surface area contributed by atoms with E-state index < -0.39 is 24.1 Å². The molecule has 0 saturated carbocycles. The van der Waals surface area contributed by atoms with Crippen molar-refractivity contribution in [2.75, 3.05) is 6.54 Å². The number of primary amides is 1. The van der Waals surface area contributed by atoms with Crippen LogP contribution in [0, 0.1) is 0 Å². The minimum absolute atomic E-state index is 0.0892. The average molecular weight is 394 g/mol. The van der Waals surface area contributed by atoms with Crippen molar-refractivity contribution in [3.05, 3.63) is 50.9 Å². The van der Waals surface area contributed by atoms with Crippen LogP contribution in [0.2, 0.25) is 5.02 Å². The van der Waals surface area contributed by atoms with Gasteiger partial charge in [0.25, 0.3) is 5.91 Å². The molecule has 3 rings (SSSR count). The van der Waals surface area contributed by atoms with Gasteiger partial charge in [-0.05, 0) is 17.7 Å². The van der Waals surface area contributed by atoms with Crippen LogP contribution in [0.25, 0.3) is 0 Å². The third-order valence-corrected chi connectivity index (χ3v) is 5.33. The average Bonchev–Trinajstić information content (AvgIpc) is 3.17. The van der Waals surface area contributed by atoms with Crippen LogP contribution in [-0.4, -0.2) is 34.5 Å². The summed E-state index contributed by atoms with van der Waals surface area (Å²) in [6.45, 7) is 6.33. The van der Waals surface area contributed by atoms with Crippen molar-refractivity contribution >= 4 is 34.9 Å². The zero-order valence-electron chi connectivity index (χ0n) is 14.7. The summed E-state index contributed by atoms with van der Waals surface area (Å²) in [4.78, 5) is 30.1. The van der Waals surface area contributed by atoms with Gasteiger partial charge in [0, 0.05) is 15.8 Å². The van der Waals surface area contributed by atoms with Crippen molar-refractivity contribution < 1.29 is 14.3 Å². The maximum Gasteiger partial charge on any atom is 0.411 e. The van der Waals surface area contributed by atoms with Gasteiger partial charge in [-0.15, -0.1) is 11.3 Å². The standard InChI is InChI=1S/C18H20ClN3O3S/c1-18(2,3)13-9-26-16(21-13)14(10-4-6-11(19)7-5-10)22-8-12(15(20)23)25-17(22)24/h4-7,9,12,14H,8H2,1-3H3,(H2,20,23)/t12?,14-/m0/s1. The molecule has 1 unspecified atom stereocenters. The predicted octanol–water partition coefficient (Wildman–Crippen LogP) is 3.49. The third kappa shape index (κ3) is 3.68. The van der Waals surface area contributed by atoms with Crippen LogP contribution in [0.1, 0.15) is 43.1 Å². The van der Waals surface area contributed by atoms with E-state index in [4.69, 9.17) is 27.1 Å². The Kier molecular flexibility index (Phi) is 4.94. The quantitative estimate of drug-likeness (QED) is 0.861. The van der Waals surface area contributed by atoms with Crippen molar-refractivity contribution in [3.8, 4) is 0 Å². The van der Waals surface area contributed by atoms with Crippen molar-refractivity contribution in [2.45, 2.75) is 38.3 Å². The highest BCUT2D eigenvalue weighted by Gasteiger charge is 2.41. The second kappa shape index (κ2) is 6.89. The molecule has 1 aromatic heterocycles. The number of cyclic esters (lactones) is 1. The van der Waals surface area contributed by atoms with Crippen LogP contribution in [0.5, 0.6) is 0 Å². The molecule has 0 bridgehead atoms. The van der Waals surface area contributed by atoms with E-state index in [-0.39, 0.29) is 12.0 Å². The number of rotatable bonds is 4. The van der Waals surface area contributed by atoms with Crippen LogP contribution in [-0.2, 0) is 14.9 Å². The first kappa shape index (κ1) is 18.7. The summed E-state index contributed by atoms with van der Waals surface area (Å²) in [5.41, 5.74) is 6.98. The zero-order chi connectivity index (χ0) is 19.1. The summed E-state index contributed by atoms with van der Waals surface area (Å²) in [7, 11) is 0. The molecule has 0 aliphatic carbocycles. The SMILES string of the molecule is CC(C)(C)c1csc([C@H](c2ccc(Cl)cc2)N2CC(C(N)=O)OC2=O)n1. The highest BCUT2D eigenvalue weighted by atomic mass is 35.5. The number of benzene rings is 1. The molecule has 26 heavy (non-hydrogen) atoms. The molecule has 1 aliphatic rings. The highest BCUT2D eigenvalue weighted by Crippen LogP contribution is 2.36. The number of amides is 2. The maximum absolute atomic E-state index is 12.4. The first-order chi connectivity index (χ1) is 12.2. The van der Waals surface area contributed by atoms with Gasteiger partial charge < -0.3 is 10.5 Å². The fraction of sp³-hybridized carbons (Fsp3) is 0.389. The maximum atomic E-state index is 12.4. The number of ether oxygens (including phenoxy) is 1. The van der Waals surface area contributed by atoms with Crippen LogP contribution >= 0.6 is 22.9 Å². The summed E-state index contributed by atoms with van der Waals surface area (Å²) in [5, 5.41) is 3.34. The van der Waals surface area contributed by atoms with Crippen molar-refractivity contribution in [2.24, 2.45) is 5.73 Å². The third-order valence-electron chi connectivity index (χ3n) is 4.18. The summed E-state index contributed by atoms with van der Waals surface area (Å²) < 4.78 is 5.12. The van der Waals surface area contributed by atoms with E-state index in [1.807, 2.05) is 17.5 Å². The second-order valence-electron chi connectivity index (χ2n) is 7.20. The molecule has 0 radical (unpaired) electrons. The summed E-state index contributed by atoms with van der Waals surface area (Å²) >= 11 is 7.47. The molecule has 6 nitrogen and oxygen atoms in total. The Morgan fingerprint density at radius 2 is 2.04 bits per heavy atom. The normalized spacial score (nSPS) is 18.7. The Morgan fingerprint density at radius 3 is 2.54 bits per heavy atom. The van der Waals surface area contributed by atoms with Gasteiger partial charge in [-0.2, -0.15) is 0 Å². The van der Waals surface area contributed by atoms with Crippen LogP contribution in [0.4, 0.5) is 4.79 Å². The van der Waals surface area contributed by atoms with E-state index in [2.05, 4.69) is 20.8 Å². The molecule has 1 aromatic carbocycles. The fourth-order valence-electron chi connectivity index (χ4n) is 2.70. The lowest BCUT2D eigenvalue weighted by Gasteiger charge is -2.24. The number of hydrogen-bond acceptors (Lipinski definition) is 5. The summed E-state index contributed by atoms with van der Waals surface area (Å²) in [6.07, 6.45) is -1.54. The minimum atomic E-state index is -0.959. The van der Waals surface area contributed by atoms with E-state index in [1.165, 1.54) is 16.2 Å². The minimum Gasteiger partial charge on any atom is -0.434 e. The van der Waals surface area contributed by atoms with Gasteiger partial charge in [-0.25, -0.2) is 9.78 Å². The lowest BCUT2D eigenvalue weighted by molar-refractivity contribution is -0.124. The lowest BCUT2D eigenvalue weighted by Crippen LogP contribution is -2.34. The van der Waals surface area contributed by atoms with E-state index in [0.29, 0.717) is 5.02 Å². The molecule has 1 fully saturated rings. The molecule has 2 N–H and O–H groups in total. The smallest absolute Gasteiger partial charge is 0.411 e. The van der Waals surface area contributed by atoms with E-state index in [1.54, 1.807) is 12.1 Å². The molecule has 0 spiro atoms. The summed E-state index contributed by atoms with van der Waals surface area (Å²) in [5.74, 6) is -0.662. The molecule has 2 atom stereocenters. The molecule has 2 aromatic rings. The molecule has 138 valence electrons. The topological polar surface area (TPSA) is 85.5 Å². The lowest BCUT2D eigenvalue weighted by atomic mass is 9.93. The van der Waals surface area contributed by atoms with Gasteiger partial charge >= 0.3 is 6.09 Å². The Morgan fingerprint density at radius 1 is 1.38 bits per heavy atom. The van der Waals surface area contributed by atoms with Gasteiger partial charge in [0.05, 0.1) is 12.2 Å². The molecular formula is C18H20ClN3O3S. The Balaban J connectivity index is 2.03. The number of nitrogens with zero attached hydrogens (tertiary/aromatic N) is 2. The predicted molar refractivity (Wildman–Crippen MR) is 100 cm³/mol. The van der Waals surface area contributed by atoms with Crippen molar-refractivity contribution in [3.63, 3.8) is 0 Å². The van der Waals surface area contributed by atoms with E-state index in [0.717, 1.165) is 16.3 Å². The Bertz CT molecular complexity index is 829. The fourth-order valence-corrected chi connectivity index (χ4v) is 4.01. The number of thiazole rings is 1. The van der Waals surface area contributed by atoms with Gasteiger partial charge in [0.1, 0.15) is 11.0 Å². The molecular weight excluding hydrogens is 374 g/mol. The molecule has 8 heteroatoms. The van der Waals surface area contributed by atoms with Gasteiger partial charge in [-0.1, -0.05) is 44.5 Å². The Labute approximate surface area is 160 Å². The first-order valence-electron chi connectivity index (χ1n) is 8.15. The van der Waals surface area contributed by atoms with Crippen molar-refractivity contribution in [1.82, 2.24) is 9.88 Å². The van der Waals surface area contributed by atoms with Crippen molar-refractivity contribution in [1.29, 1.82) is 0 Å². The molecule has 2 heterocycles. The largest absolute Gasteiger partial charge is 0.434 e. The van der Waals surface area contributed by atoms with Gasteiger partial charge in [0.2, 0.25) is 0 Å². The first-order valence-corrected chi connectivity index (χ1v) is 9.40. The number of halogens is 1. The van der Waals surface area contributed by atoms with Gasteiger partial charge in [-0.3, -0.25) is 9.69 Å². The number of carbonyl (C=O) groups excluding carboxylic acids is 2. The monoisotopic (exact) mass is 393 g/mol. The number of aromatic nitrogens is 1. The highest BCUT2D eigenvalue weighted by molar-refractivity contribution is 7.09. The number of hydrogen-bond donors (Lipinski definition) is 1. The molecule has 1 aliphatic heterocycles. The Hall–Kier alpha value is -2.12. The molecule has 2 amide bonds. The van der Waals surface area contributed by atoms with E-state index >= 15 is 0 Å². The summed E-state index contributed by atoms with van der Waals surface area (Å²) in [6, 6.07) is 6.74. The van der Waals surface area contributed by atoms with Crippen LogP contribution < -0.4 is 5.73 Å². The second-order valence-corrected chi connectivity index (χ2v) is 8.53. The number of carbonyl (C=O) groups is 2. The van der Waals surface area contributed by atoms with Gasteiger partial charge in [0.15, 0.2) is 6.10 Å². The van der Waals surface area contributed by atoms with Crippen LogP contribution in [0.15, 0.2) is 29.6 Å². The van der Waals surface area contributed by atoms with Crippen LogP contribution in [0.3, 0.4) is 0 Å². The zero-order valence-corrected chi connectivity index (χ0v) is 16.3. The van der Waals surface area contributed by atoms with E-state index in [9.17, 15) is 9.59 Å². The number of nitrogens with two attached hydrogens (primary N) is 1.